The van der Waals surface area contributed by atoms with Crippen LogP contribution in [0.2, 0.25) is 0 Å². The number of halogens is 2. The van der Waals surface area contributed by atoms with Gasteiger partial charge in [0.2, 0.25) is 6.43 Å². The summed E-state index contributed by atoms with van der Waals surface area (Å²) in [4.78, 5) is 15.1. The van der Waals surface area contributed by atoms with Crippen molar-refractivity contribution in [2.45, 2.75) is 32.3 Å². The van der Waals surface area contributed by atoms with Crippen LogP contribution in [0.1, 0.15) is 33.9 Å². The zero-order chi connectivity index (χ0) is 25.1. The SMILES string of the molecule is O=Cc1[nH]c2c(-c3c(CC(F)F)n[nH]c3CO)cccc2c1CCCOc1cccc2ccccc12. The van der Waals surface area contributed by atoms with Crippen LogP contribution in [0.15, 0.2) is 60.7 Å². The molecule has 184 valence electrons. The lowest BCUT2D eigenvalue weighted by Crippen LogP contribution is -2.01. The van der Waals surface area contributed by atoms with Crippen molar-refractivity contribution in [2.75, 3.05) is 6.61 Å². The first-order chi connectivity index (χ1) is 17.6. The van der Waals surface area contributed by atoms with E-state index in [1.807, 2.05) is 54.6 Å². The Morgan fingerprint density at radius 3 is 2.61 bits per heavy atom. The van der Waals surface area contributed by atoms with Crippen LogP contribution in [0.5, 0.6) is 5.75 Å². The standard InChI is InChI=1S/C28H25F2N3O3/c29-26(30)14-22-27(24(16-35)33-32-22)21-10-4-9-20-19(23(15-34)31-28(20)21)11-5-13-36-25-12-3-7-17-6-1-2-8-18(17)25/h1-4,6-10,12,15,26,31,35H,5,11,13-14,16H2,(H,32,33). The van der Waals surface area contributed by atoms with Crippen LogP contribution in [-0.2, 0) is 19.4 Å². The van der Waals surface area contributed by atoms with E-state index in [9.17, 15) is 18.7 Å². The number of aliphatic hydroxyl groups is 1. The van der Waals surface area contributed by atoms with Gasteiger partial charge in [-0.15, -0.1) is 0 Å². The summed E-state index contributed by atoms with van der Waals surface area (Å²) in [6.45, 7) is 0.0924. The van der Waals surface area contributed by atoms with E-state index in [0.717, 1.165) is 33.8 Å². The molecule has 0 aliphatic heterocycles. The molecule has 3 aromatic carbocycles. The maximum atomic E-state index is 13.2. The van der Waals surface area contributed by atoms with Crippen LogP contribution in [0.25, 0.3) is 32.8 Å². The lowest BCUT2D eigenvalue weighted by molar-refractivity contribution is 0.111. The molecule has 5 rings (SSSR count). The molecule has 0 atom stereocenters. The van der Waals surface area contributed by atoms with Crippen LogP contribution < -0.4 is 4.74 Å². The summed E-state index contributed by atoms with van der Waals surface area (Å²) in [5, 5.41) is 19.4. The van der Waals surface area contributed by atoms with Crippen molar-refractivity contribution in [3.63, 3.8) is 0 Å². The number of hydrogen-bond donors (Lipinski definition) is 3. The summed E-state index contributed by atoms with van der Waals surface area (Å²) in [6, 6.07) is 19.5. The van der Waals surface area contributed by atoms with Gasteiger partial charge < -0.3 is 14.8 Å². The first-order valence-electron chi connectivity index (χ1n) is 11.8. The van der Waals surface area contributed by atoms with Crippen molar-refractivity contribution in [1.82, 2.24) is 15.2 Å². The first-order valence-corrected chi connectivity index (χ1v) is 11.8. The fraction of sp³-hybridized carbons (Fsp3) is 0.214. The number of para-hydroxylation sites is 1. The number of nitrogens with one attached hydrogen (secondary N) is 2. The summed E-state index contributed by atoms with van der Waals surface area (Å²) in [7, 11) is 0. The first kappa shape index (κ1) is 23.7. The molecule has 8 heteroatoms. The average molecular weight is 490 g/mol. The van der Waals surface area contributed by atoms with Gasteiger partial charge in [0.1, 0.15) is 5.75 Å². The number of carbonyl (C=O) groups excluding carboxylic acids is 1. The highest BCUT2D eigenvalue weighted by atomic mass is 19.3. The summed E-state index contributed by atoms with van der Waals surface area (Å²) in [5.41, 5.74) is 3.51. The second-order valence-electron chi connectivity index (χ2n) is 8.57. The van der Waals surface area contributed by atoms with Gasteiger partial charge in [-0.2, -0.15) is 5.10 Å². The van der Waals surface area contributed by atoms with Crippen molar-refractivity contribution >= 4 is 28.0 Å². The van der Waals surface area contributed by atoms with Crippen LogP contribution in [-0.4, -0.2) is 39.6 Å². The highest BCUT2D eigenvalue weighted by Gasteiger charge is 2.22. The van der Waals surface area contributed by atoms with E-state index in [1.54, 1.807) is 6.07 Å². The van der Waals surface area contributed by atoms with Gasteiger partial charge in [-0.1, -0.05) is 54.6 Å². The fourth-order valence-corrected chi connectivity index (χ4v) is 4.77. The molecular formula is C28H25F2N3O3. The van der Waals surface area contributed by atoms with Gasteiger partial charge in [0.15, 0.2) is 6.29 Å². The number of aldehydes is 1. The number of fused-ring (bicyclic) bond motifs is 2. The fourth-order valence-electron chi connectivity index (χ4n) is 4.77. The van der Waals surface area contributed by atoms with E-state index in [1.165, 1.54) is 0 Å². The Kier molecular flexibility index (Phi) is 6.77. The topological polar surface area (TPSA) is 91.0 Å². The third-order valence-electron chi connectivity index (χ3n) is 6.36. The van der Waals surface area contributed by atoms with E-state index in [0.29, 0.717) is 47.5 Å². The van der Waals surface area contributed by atoms with Crippen LogP contribution in [0.3, 0.4) is 0 Å². The molecule has 0 bridgehead atoms. The Morgan fingerprint density at radius 1 is 1.03 bits per heavy atom. The normalized spacial score (nSPS) is 11.6. The minimum Gasteiger partial charge on any atom is -0.493 e. The zero-order valence-electron chi connectivity index (χ0n) is 19.4. The molecule has 0 amide bonds. The maximum absolute atomic E-state index is 13.2. The number of aryl methyl sites for hydroxylation is 1. The van der Waals surface area contributed by atoms with Gasteiger partial charge in [0, 0.05) is 21.9 Å². The molecule has 0 saturated carbocycles. The van der Waals surface area contributed by atoms with Crippen LogP contribution >= 0.6 is 0 Å². The molecule has 0 saturated heterocycles. The minimum atomic E-state index is -2.58. The van der Waals surface area contributed by atoms with Crippen molar-refractivity contribution in [3.8, 4) is 16.9 Å². The molecule has 0 aliphatic rings. The number of nitrogens with zero attached hydrogens (tertiary/aromatic N) is 1. The Hall–Kier alpha value is -4.04. The second kappa shape index (κ2) is 10.3. The molecule has 0 radical (unpaired) electrons. The van der Waals surface area contributed by atoms with Crippen LogP contribution in [0.4, 0.5) is 8.78 Å². The predicted octanol–water partition coefficient (Wildman–Crippen LogP) is 5.84. The van der Waals surface area contributed by atoms with E-state index in [-0.39, 0.29) is 12.3 Å². The van der Waals surface area contributed by atoms with Crippen molar-refractivity contribution < 1.29 is 23.4 Å². The van der Waals surface area contributed by atoms with Gasteiger partial charge in [0.25, 0.3) is 0 Å². The van der Waals surface area contributed by atoms with E-state index >= 15 is 0 Å². The second-order valence-corrected chi connectivity index (χ2v) is 8.57. The van der Waals surface area contributed by atoms with E-state index in [2.05, 4.69) is 15.2 Å². The third kappa shape index (κ3) is 4.47. The minimum absolute atomic E-state index is 0.175. The van der Waals surface area contributed by atoms with Gasteiger partial charge in [0.05, 0.1) is 42.2 Å². The number of carbonyl (C=O) groups is 1. The van der Waals surface area contributed by atoms with Gasteiger partial charge in [-0.3, -0.25) is 9.89 Å². The summed E-state index contributed by atoms with van der Waals surface area (Å²) in [6.07, 6.45) is -1.09. The number of alkyl halides is 2. The lowest BCUT2D eigenvalue weighted by atomic mass is 9.97. The molecule has 0 fully saturated rings. The molecule has 36 heavy (non-hydrogen) atoms. The number of ether oxygens (including phenoxy) is 1. The molecule has 0 aliphatic carbocycles. The Bertz CT molecular complexity index is 1520. The molecule has 6 nitrogen and oxygen atoms in total. The molecule has 2 heterocycles. The third-order valence-corrected chi connectivity index (χ3v) is 6.36. The number of rotatable bonds is 10. The van der Waals surface area contributed by atoms with E-state index in [4.69, 9.17) is 4.74 Å². The summed E-state index contributed by atoms with van der Waals surface area (Å²) in [5.74, 6) is 0.813. The number of benzene rings is 3. The number of aromatic amines is 2. The molecule has 5 aromatic rings. The maximum Gasteiger partial charge on any atom is 0.244 e. The Labute approximate surface area is 205 Å². The van der Waals surface area contributed by atoms with Gasteiger partial charge in [-0.25, -0.2) is 8.78 Å². The highest BCUT2D eigenvalue weighted by molar-refractivity contribution is 6.01. The van der Waals surface area contributed by atoms with Crippen molar-refractivity contribution in [1.29, 1.82) is 0 Å². The largest absolute Gasteiger partial charge is 0.493 e. The van der Waals surface area contributed by atoms with Crippen molar-refractivity contribution in [3.05, 3.63) is 83.3 Å². The van der Waals surface area contributed by atoms with Gasteiger partial charge in [-0.05, 0) is 29.9 Å². The molecular weight excluding hydrogens is 464 g/mol. The predicted molar refractivity (Wildman–Crippen MR) is 135 cm³/mol. The number of H-pyrrole nitrogens is 2. The lowest BCUT2D eigenvalue weighted by Gasteiger charge is -2.10. The number of aliphatic hydroxyl groups excluding tert-OH is 1. The summed E-state index contributed by atoms with van der Waals surface area (Å²) < 4.78 is 32.4. The molecule has 2 aromatic heterocycles. The Morgan fingerprint density at radius 2 is 1.81 bits per heavy atom. The number of aromatic nitrogens is 3. The average Bonchev–Trinajstić information content (AvgIpc) is 3.46. The quantitative estimate of drug-likeness (QED) is 0.170. The summed E-state index contributed by atoms with van der Waals surface area (Å²) >= 11 is 0. The molecule has 0 unspecified atom stereocenters. The van der Waals surface area contributed by atoms with Crippen molar-refractivity contribution in [2.24, 2.45) is 0 Å². The molecule has 3 N–H and O–H groups in total. The smallest absolute Gasteiger partial charge is 0.244 e. The van der Waals surface area contributed by atoms with Crippen LogP contribution in [0, 0.1) is 0 Å². The zero-order valence-corrected chi connectivity index (χ0v) is 19.4. The monoisotopic (exact) mass is 489 g/mol. The number of hydrogen-bond acceptors (Lipinski definition) is 4. The van der Waals surface area contributed by atoms with Gasteiger partial charge >= 0.3 is 0 Å². The van der Waals surface area contributed by atoms with E-state index < -0.39 is 12.8 Å². The Balaban J connectivity index is 1.42. The molecule has 0 spiro atoms. The highest BCUT2D eigenvalue weighted by Crippen LogP contribution is 2.36.